The van der Waals surface area contributed by atoms with E-state index in [1.807, 2.05) is 5.38 Å². The lowest BCUT2D eigenvalue weighted by Gasteiger charge is -2.35. The van der Waals surface area contributed by atoms with Crippen molar-refractivity contribution >= 4 is 28.3 Å². The van der Waals surface area contributed by atoms with Crippen molar-refractivity contribution in [2.45, 2.75) is 13.0 Å². The normalized spacial score (nSPS) is 17.3. The highest BCUT2D eigenvalue weighted by molar-refractivity contribution is 7.13. The summed E-state index contributed by atoms with van der Waals surface area (Å²) < 4.78 is 4.74. The molecule has 116 valence electrons. The van der Waals surface area contributed by atoms with Gasteiger partial charge >= 0.3 is 5.97 Å². The number of methoxy groups -OCH3 is 1. The summed E-state index contributed by atoms with van der Waals surface area (Å²) in [6.45, 7) is 5.25. The standard InChI is InChI=1S/C13H20N4O3S/c1-10(18)15-11(12(19)20-2)9-16-4-6-17(7-5-16)13-14-3-8-21-13/h3,8,11H,4-7,9H2,1-2H3,(H,15,18). The zero-order chi connectivity index (χ0) is 15.2. The van der Waals surface area contributed by atoms with Gasteiger partial charge in [0.2, 0.25) is 5.91 Å². The van der Waals surface area contributed by atoms with Crippen LogP contribution in [0.1, 0.15) is 6.92 Å². The fourth-order valence-corrected chi connectivity index (χ4v) is 3.02. The minimum absolute atomic E-state index is 0.230. The lowest BCUT2D eigenvalue weighted by Crippen LogP contribution is -2.53. The van der Waals surface area contributed by atoms with E-state index in [0.717, 1.165) is 31.3 Å². The second-order valence-electron chi connectivity index (χ2n) is 4.88. The quantitative estimate of drug-likeness (QED) is 0.768. The van der Waals surface area contributed by atoms with Gasteiger partial charge in [-0.25, -0.2) is 9.78 Å². The van der Waals surface area contributed by atoms with Gasteiger partial charge in [-0.3, -0.25) is 9.69 Å². The Morgan fingerprint density at radius 2 is 2.14 bits per heavy atom. The number of anilines is 1. The number of hydrogen-bond acceptors (Lipinski definition) is 7. The smallest absolute Gasteiger partial charge is 0.329 e. The van der Waals surface area contributed by atoms with Gasteiger partial charge in [-0.05, 0) is 0 Å². The Labute approximate surface area is 127 Å². The van der Waals surface area contributed by atoms with E-state index in [-0.39, 0.29) is 5.91 Å². The Balaban J connectivity index is 1.85. The molecule has 0 saturated carbocycles. The van der Waals surface area contributed by atoms with Crippen LogP contribution in [-0.4, -0.2) is 67.6 Å². The summed E-state index contributed by atoms with van der Waals surface area (Å²) in [5.74, 6) is -0.639. The number of nitrogens with one attached hydrogen (secondary N) is 1. The predicted molar refractivity (Wildman–Crippen MR) is 80.4 cm³/mol. The number of aromatic nitrogens is 1. The minimum Gasteiger partial charge on any atom is -0.467 e. The lowest BCUT2D eigenvalue weighted by molar-refractivity contribution is -0.145. The minimum atomic E-state index is -0.612. The predicted octanol–water partition coefficient (Wildman–Crippen LogP) is -0.0572. The summed E-state index contributed by atoms with van der Waals surface area (Å²) in [6, 6.07) is -0.612. The van der Waals surface area contributed by atoms with Crippen molar-refractivity contribution in [3.05, 3.63) is 11.6 Å². The molecule has 1 N–H and O–H groups in total. The highest BCUT2D eigenvalue weighted by atomic mass is 32.1. The molecule has 1 aliphatic heterocycles. The van der Waals surface area contributed by atoms with E-state index in [4.69, 9.17) is 4.74 Å². The third kappa shape index (κ3) is 4.40. The molecule has 2 rings (SSSR count). The van der Waals surface area contributed by atoms with Crippen LogP contribution in [-0.2, 0) is 14.3 Å². The third-order valence-corrected chi connectivity index (χ3v) is 4.20. The summed E-state index contributed by atoms with van der Waals surface area (Å²) in [4.78, 5) is 31.5. The number of carbonyl (C=O) groups is 2. The van der Waals surface area contributed by atoms with Crippen LogP contribution in [0.15, 0.2) is 11.6 Å². The summed E-state index contributed by atoms with van der Waals surface area (Å²) in [5, 5.41) is 5.63. The molecule has 1 atom stereocenters. The molecule has 21 heavy (non-hydrogen) atoms. The van der Waals surface area contributed by atoms with Crippen molar-refractivity contribution in [3.63, 3.8) is 0 Å². The molecule has 0 radical (unpaired) electrons. The van der Waals surface area contributed by atoms with Crippen LogP contribution >= 0.6 is 11.3 Å². The van der Waals surface area contributed by atoms with Crippen LogP contribution in [0.2, 0.25) is 0 Å². The first-order valence-corrected chi connectivity index (χ1v) is 7.70. The van der Waals surface area contributed by atoms with Crippen molar-refractivity contribution in [3.8, 4) is 0 Å². The van der Waals surface area contributed by atoms with Gasteiger partial charge in [-0.1, -0.05) is 0 Å². The molecular weight excluding hydrogens is 292 g/mol. The first kappa shape index (κ1) is 15.7. The molecule has 1 fully saturated rings. The van der Waals surface area contributed by atoms with Crippen LogP contribution in [0.5, 0.6) is 0 Å². The molecule has 0 spiro atoms. The Morgan fingerprint density at radius 1 is 1.43 bits per heavy atom. The Kier molecular flexibility index (Phi) is 5.51. The average Bonchev–Trinajstić information content (AvgIpc) is 3.00. The molecular formula is C13H20N4O3S. The van der Waals surface area contributed by atoms with Crippen LogP contribution < -0.4 is 10.2 Å². The van der Waals surface area contributed by atoms with Gasteiger partial charge in [0.15, 0.2) is 5.13 Å². The third-order valence-electron chi connectivity index (χ3n) is 3.37. The van der Waals surface area contributed by atoms with Crippen LogP contribution in [0.3, 0.4) is 0 Å². The molecule has 0 aromatic carbocycles. The molecule has 1 aliphatic rings. The number of piperazine rings is 1. The first-order chi connectivity index (χ1) is 10.1. The topological polar surface area (TPSA) is 74.8 Å². The van der Waals surface area contributed by atoms with Crippen LogP contribution in [0.25, 0.3) is 0 Å². The molecule has 1 saturated heterocycles. The molecule has 0 bridgehead atoms. The number of carbonyl (C=O) groups excluding carboxylic acids is 2. The summed E-state index contributed by atoms with van der Waals surface area (Å²) in [5.41, 5.74) is 0. The lowest BCUT2D eigenvalue weighted by atomic mass is 10.2. The maximum Gasteiger partial charge on any atom is 0.329 e. The first-order valence-electron chi connectivity index (χ1n) is 6.82. The Morgan fingerprint density at radius 3 is 2.67 bits per heavy atom. The molecule has 0 aliphatic carbocycles. The molecule has 1 aromatic heterocycles. The number of ether oxygens (including phenoxy) is 1. The zero-order valence-corrected chi connectivity index (χ0v) is 13.1. The van der Waals surface area contributed by atoms with E-state index in [1.165, 1.54) is 14.0 Å². The van der Waals surface area contributed by atoms with E-state index in [0.29, 0.717) is 6.54 Å². The van der Waals surface area contributed by atoms with E-state index < -0.39 is 12.0 Å². The number of amides is 1. The van der Waals surface area contributed by atoms with E-state index in [9.17, 15) is 9.59 Å². The largest absolute Gasteiger partial charge is 0.467 e. The Bertz CT molecular complexity index is 472. The monoisotopic (exact) mass is 312 g/mol. The van der Waals surface area contributed by atoms with Crippen LogP contribution in [0, 0.1) is 0 Å². The van der Waals surface area contributed by atoms with Gasteiger partial charge in [0, 0.05) is 51.2 Å². The number of rotatable bonds is 5. The van der Waals surface area contributed by atoms with Crippen molar-refractivity contribution < 1.29 is 14.3 Å². The number of thiazole rings is 1. The van der Waals surface area contributed by atoms with E-state index in [2.05, 4.69) is 20.1 Å². The molecule has 2 heterocycles. The molecule has 1 unspecified atom stereocenters. The van der Waals surface area contributed by atoms with Gasteiger partial charge in [-0.15, -0.1) is 11.3 Å². The van der Waals surface area contributed by atoms with Crippen molar-refractivity contribution in [2.75, 3.05) is 44.7 Å². The fraction of sp³-hybridized carbons (Fsp3) is 0.615. The maximum atomic E-state index is 11.7. The molecule has 8 heteroatoms. The van der Waals surface area contributed by atoms with Gasteiger partial charge < -0.3 is 15.0 Å². The highest BCUT2D eigenvalue weighted by Crippen LogP contribution is 2.18. The van der Waals surface area contributed by atoms with Crippen molar-refractivity contribution in [1.29, 1.82) is 0 Å². The Hall–Kier alpha value is -1.67. The van der Waals surface area contributed by atoms with Gasteiger partial charge in [0.1, 0.15) is 6.04 Å². The number of nitrogens with zero attached hydrogens (tertiary/aromatic N) is 3. The second-order valence-corrected chi connectivity index (χ2v) is 5.75. The number of hydrogen-bond donors (Lipinski definition) is 1. The average molecular weight is 312 g/mol. The van der Waals surface area contributed by atoms with E-state index in [1.54, 1.807) is 17.5 Å². The summed E-state index contributed by atoms with van der Waals surface area (Å²) in [6.07, 6.45) is 1.80. The van der Waals surface area contributed by atoms with E-state index >= 15 is 0 Å². The summed E-state index contributed by atoms with van der Waals surface area (Å²) >= 11 is 1.63. The zero-order valence-electron chi connectivity index (χ0n) is 12.2. The second kappa shape index (κ2) is 7.37. The maximum absolute atomic E-state index is 11.7. The number of esters is 1. The van der Waals surface area contributed by atoms with Crippen LogP contribution in [0.4, 0.5) is 5.13 Å². The highest BCUT2D eigenvalue weighted by Gasteiger charge is 2.26. The molecule has 1 amide bonds. The fourth-order valence-electron chi connectivity index (χ4n) is 2.32. The molecule has 1 aromatic rings. The van der Waals surface area contributed by atoms with Gasteiger partial charge in [0.25, 0.3) is 0 Å². The van der Waals surface area contributed by atoms with Gasteiger partial charge in [-0.2, -0.15) is 0 Å². The van der Waals surface area contributed by atoms with Gasteiger partial charge in [0.05, 0.1) is 7.11 Å². The summed E-state index contributed by atoms with van der Waals surface area (Å²) in [7, 11) is 1.33. The van der Waals surface area contributed by atoms with Crippen molar-refractivity contribution in [1.82, 2.24) is 15.2 Å². The SMILES string of the molecule is COC(=O)C(CN1CCN(c2nccs2)CC1)NC(C)=O. The van der Waals surface area contributed by atoms with Crippen molar-refractivity contribution in [2.24, 2.45) is 0 Å². The molecule has 7 nitrogen and oxygen atoms in total.